The lowest BCUT2D eigenvalue weighted by molar-refractivity contribution is -0.274. The van der Waals surface area contributed by atoms with Crippen LogP contribution < -0.4 is 0 Å². The highest BCUT2D eigenvalue weighted by Gasteiger charge is 2.85. The summed E-state index contributed by atoms with van der Waals surface area (Å²) < 4.78 is 89.1. The van der Waals surface area contributed by atoms with Gasteiger partial charge in [0.15, 0.2) is 0 Å². The summed E-state index contributed by atoms with van der Waals surface area (Å²) in [4.78, 5) is 0.493. The molecule has 1 fully saturated rings. The molecule has 0 radical (unpaired) electrons. The van der Waals surface area contributed by atoms with E-state index in [0.717, 1.165) is 22.7 Å². The van der Waals surface area contributed by atoms with E-state index < -0.39 is 36.2 Å². The Balaban J connectivity index is 1.97. The average Bonchev–Trinajstić information content (AvgIpc) is 3.30. The van der Waals surface area contributed by atoms with Gasteiger partial charge in [-0.05, 0) is 42.7 Å². The lowest BCUT2D eigenvalue weighted by atomic mass is 9.87. The van der Waals surface area contributed by atoms with Crippen LogP contribution in [0.2, 0.25) is 0 Å². The molecular formula is C22H18F6OS2. The number of rotatable bonds is 4. The Hall–Kier alpha value is -1.84. The molecule has 0 amide bonds. The van der Waals surface area contributed by atoms with Crippen LogP contribution in [0.25, 0.3) is 10.4 Å². The van der Waals surface area contributed by atoms with Crippen LogP contribution in [0.5, 0.6) is 0 Å². The van der Waals surface area contributed by atoms with Gasteiger partial charge in [-0.1, -0.05) is 30.3 Å². The van der Waals surface area contributed by atoms with Gasteiger partial charge in [0.05, 0.1) is 18.4 Å². The minimum atomic E-state index is -5.54. The van der Waals surface area contributed by atoms with Crippen molar-refractivity contribution in [1.29, 1.82) is 0 Å². The Morgan fingerprint density at radius 2 is 1.42 bits per heavy atom. The molecule has 166 valence electrons. The Bertz CT molecular complexity index is 1100. The van der Waals surface area contributed by atoms with Gasteiger partial charge >= 0.3 is 17.8 Å². The van der Waals surface area contributed by atoms with Gasteiger partial charge in [-0.25, -0.2) is 0 Å². The van der Waals surface area contributed by atoms with Crippen LogP contribution in [0.4, 0.5) is 26.3 Å². The molecule has 0 saturated heterocycles. The maximum absolute atomic E-state index is 15.1. The van der Waals surface area contributed by atoms with Crippen molar-refractivity contribution >= 4 is 22.7 Å². The Morgan fingerprint density at radius 1 is 0.839 bits per heavy atom. The molecular weight excluding hydrogens is 458 g/mol. The molecule has 2 atom stereocenters. The van der Waals surface area contributed by atoms with Crippen LogP contribution in [0.1, 0.15) is 37.6 Å². The summed E-state index contributed by atoms with van der Waals surface area (Å²) in [5.74, 6) is -20.4. The smallest absolute Gasteiger partial charge is 0.373 e. The zero-order chi connectivity index (χ0) is 22.8. The van der Waals surface area contributed by atoms with Gasteiger partial charge in [0.1, 0.15) is 0 Å². The number of alkyl halides is 6. The highest BCUT2D eigenvalue weighted by molar-refractivity contribution is 7.15. The Labute approximate surface area is 183 Å². The fourth-order valence-corrected chi connectivity index (χ4v) is 6.78. The van der Waals surface area contributed by atoms with Crippen molar-refractivity contribution in [3.05, 3.63) is 68.2 Å². The predicted molar refractivity (Wildman–Crippen MR) is 110 cm³/mol. The molecule has 9 heteroatoms. The summed E-state index contributed by atoms with van der Waals surface area (Å²) in [5.41, 5.74) is 0.849. The third-order valence-corrected chi connectivity index (χ3v) is 8.21. The van der Waals surface area contributed by atoms with Crippen molar-refractivity contribution in [2.24, 2.45) is 0 Å². The minimum absolute atomic E-state index is 0.0436. The second-order valence-corrected chi connectivity index (χ2v) is 10.1. The molecule has 0 spiro atoms. The quantitative estimate of drug-likeness (QED) is 0.390. The maximum Gasteiger partial charge on any atom is 0.373 e. The normalized spacial score (nSPS) is 23.9. The van der Waals surface area contributed by atoms with Gasteiger partial charge in [-0.15, -0.1) is 22.7 Å². The van der Waals surface area contributed by atoms with Crippen LogP contribution >= 0.6 is 22.7 Å². The van der Waals surface area contributed by atoms with Crippen LogP contribution in [-0.2, 0) is 6.61 Å². The zero-order valence-corrected chi connectivity index (χ0v) is 18.1. The summed E-state index contributed by atoms with van der Waals surface area (Å²) in [7, 11) is 0. The Morgan fingerprint density at radius 3 is 1.94 bits per heavy atom. The van der Waals surface area contributed by atoms with Gasteiger partial charge in [-0.2, -0.15) is 26.3 Å². The molecule has 2 heterocycles. The minimum Gasteiger partial charge on any atom is -0.392 e. The largest absolute Gasteiger partial charge is 0.392 e. The third-order valence-electron chi connectivity index (χ3n) is 5.67. The fourth-order valence-electron chi connectivity index (χ4n) is 4.21. The van der Waals surface area contributed by atoms with Crippen molar-refractivity contribution in [2.75, 3.05) is 0 Å². The number of hydrogen-bond acceptors (Lipinski definition) is 3. The molecule has 1 nitrogen and oxygen atoms in total. The molecule has 4 rings (SSSR count). The summed E-state index contributed by atoms with van der Waals surface area (Å²) in [6.07, 6.45) is 0. The van der Waals surface area contributed by atoms with Crippen LogP contribution in [0.3, 0.4) is 0 Å². The lowest BCUT2D eigenvalue weighted by Gasteiger charge is -2.25. The molecule has 0 aliphatic heterocycles. The topological polar surface area (TPSA) is 20.2 Å². The highest BCUT2D eigenvalue weighted by atomic mass is 32.1. The molecule has 2 unspecified atom stereocenters. The molecule has 1 aliphatic carbocycles. The second kappa shape index (κ2) is 7.35. The van der Waals surface area contributed by atoms with Gasteiger partial charge < -0.3 is 5.11 Å². The van der Waals surface area contributed by atoms with Gasteiger partial charge in [0.25, 0.3) is 0 Å². The second-order valence-electron chi connectivity index (χ2n) is 7.70. The highest BCUT2D eigenvalue weighted by Crippen LogP contribution is 2.70. The monoisotopic (exact) mass is 476 g/mol. The standard InChI is InChI=1S/C22H18F6OS2/c1-11-8-12(2)30-18(11)16-17(21(25,26)22(27,28)20(16,23)24)19-14(10-29)9-15(31-19)13-6-4-3-5-7-13/h3-9,16-17,29H,10H2,1-2H3. The van der Waals surface area contributed by atoms with Crippen molar-refractivity contribution in [3.8, 4) is 10.4 Å². The zero-order valence-electron chi connectivity index (χ0n) is 16.4. The number of aliphatic hydroxyl groups is 1. The van der Waals surface area contributed by atoms with E-state index in [4.69, 9.17) is 0 Å². The number of aliphatic hydroxyl groups excluding tert-OH is 1. The third kappa shape index (κ3) is 3.15. The van der Waals surface area contributed by atoms with Crippen LogP contribution in [0, 0.1) is 13.8 Å². The first kappa shape index (κ1) is 22.4. The van der Waals surface area contributed by atoms with Crippen molar-refractivity contribution in [2.45, 2.75) is 50.1 Å². The first-order valence-electron chi connectivity index (χ1n) is 9.42. The molecule has 1 aromatic carbocycles. The van der Waals surface area contributed by atoms with E-state index in [-0.39, 0.29) is 20.9 Å². The van der Waals surface area contributed by atoms with Crippen molar-refractivity contribution < 1.29 is 31.4 Å². The van der Waals surface area contributed by atoms with E-state index in [1.54, 1.807) is 37.3 Å². The van der Waals surface area contributed by atoms with Gasteiger partial charge in [0, 0.05) is 19.5 Å². The van der Waals surface area contributed by atoms with Crippen molar-refractivity contribution in [1.82, 2.24) is 0 Å². The number of thiophene rings is 2. The number of halogens is 6. The summed E-state index contributed by atoms with van der Waals surface area (Å²) in [5, 5.41) is 9.77. The molecule has 0 bridgehead atoms. The van der Waals surface area contributed by atoms with E-state index in [0.29, 0.717) is 15.3 Å². The van der Waals surface area contributed by atoms with E-state index in [9.17, 15) is 22.7 Å². The average molecular weight is 477 g/mol. The summed E-state index contributed by atoms with van der Waals surface area (Å²) in [6, 6.07) is 11.5. The number of aryl methyl sites for hydroxylation is 2. The van der Waals surface area contributed by atoms with Gasteiger partial charge in [0.2, 0.25) is 0 Å². The first-order chi connectivity index (χ1) is 14.4. The van der Waals surface area contributed by atoms with Gasteiger partial charge in [-0.3, -0.25) is 0 Å². The molecule has 3 aromatic rings. The van der Waals surface area contributed by atoms with E-state index in [1.165, 1.54) is 19.1 Å². The van der Waals surface area contributed by atoms with E-state index >= 15 is 8.78 Å². The van der Waals surface area contributed by atoms with Crippen LogP contribution in [-0.4, -0.2) is 22.9 Å². The molecule has 31 heavy (non-hydrogen) atoms. The number of hydrogen-bond donors (Lipinski definition) is 1. The Kier molecular flexibility index (Phi) is 5.30. The SMILES string of the molecule is Cc1cc(C)c(C2C(c3sc(-c4ccccc4)cc3CO)C(F)(F)C(F)(F)C2(F)F)s1. The predicted octanol–water partition coefficient (Wildman–Crippen LogP) is 7.37. The van der Waals surface area contributed by atoms with Crippen LogP contribution in [0.15, 0.2) is 42.5 Å². The first-order valence-corrected chi connectivity index (χ1v) is 11.1. The van der Waals surface area contributed by atoms with Crippen molar-refractivity contribution in [3.63, 3.8) is 0 Å². The summed E-state index contributed by atoms with van der Waals surface area (Å²) >= 11 is 1.57. The van der Waals surface area contributed by atoms with E-state index in [2.05, 4.69) is 0 Å². The number of benzene rings is 1. The fraction of sp³-hybridized carbons (Fsp3) is 0.364. The molecule has 1 N–H and O–H groups in total. The summed E-state index contributed by atoms with van der Waals surface area (Å²) in [6.45, 7) is 2.34. The maximum atomic E-state index is 15.1. The van der Waals surface area contributed by atoms with E-state index in [1.807, 2.05) is 0 Å². The molecule has 1 saturated carbocycles. The molecule has 1 aliphatic rings. The lowest BCUT2D eigenvalue weighted by Crippen LogP contribution is -2.48. The molecule has 2 aromatic heterocycles.